The van der Waals surface area contributed by atoms with E-state index in [9.17, 15) is 4.39 Å². The quantitative estimate of drug-likeness (QED) is 0.632. The fourth-order valence-corrected chi connectivity index (χ4v) is 1.79. The molecule has 0 N–H and O–H groups in total. The van der Waals surface area contributed by atoms with E-state index in [1.54, 1.807) is 24.7 Å². The molecule has 0 saturated heterocycles. The first-order chi connectivity index (χ1) is 8.33. The number of nitrogens with zero attached hydrogens (tertiary/aromatic N) is 2. The molecule has 3 rings (SSSR count). The van der Waals surface area contributed by atoms with Crippen molar-refractivity contribution in [2.45, 2.75) is 0 Å². The summed E-state index contributed by atoms with van der Waals surface area (Å²) in [7, 11) is 0. The number of halogens is 1. The molecule has 0 saturated carbocycles. The summed E-state index contributed by atoms with van der Waals surface area (Å²) in [5, 5.41) is 0.924. The Kier molecular flexibility index (Phi) is 2.29. The van der Waals surface area contributed by atoms with Crippen molar-refractivity contribution in [2.75, 3.05) is 0 Å². The predicted octanol–water partition coefficient (Wildman–Crippen LogP) is 3.44. The van der Waals surface area contributed by atoms with E-state index < -0.39 is 0 Å². The van der Waals surface area contributed by atoms with Gasteiger partial charge in [0.2, 0.25) is 0 Å². The summed E-state index contributed by atoms with van der Waals surface area (Å²) in [6, 6.07) is 10.4. The van der Waals surface area contributed by atoms with Gasteiger partial charge in [0.15, 0.2) is 0 Å². The SMILES string of the molecule is Fc1ccc2cc(-c3cccnc3)cnc2c1. The van der Waals surface area contributed by atoms with Crippen molar-refractivity contribution in [3.63, 3.8) is 0 Å². The first kappa shape index (κ1) is 9.90. The third-order valence-corrected chi connectivity index (χ3v) is 2.64. The van der Waals surface area contributed by atoms with Gasteiger partial charge in [-0.3, -0.25) is 9.97 Å². The highest BCUT2D eigenvalue weighted by atomic mass is 19.1. The zero-order chi connectivity index (χ0) is 11.7. The molecular weight excluding hydrogens is 215 g/mol. The minimum absolute atomic E-state index is 0.265. The van der Waals surface area contributed by atoms with Crippen molar-refractivity contribution in [3.05, 3.63) is 60.8 Å². The Hall–Kier alpha value is -2.29. The van der Waals surface area contributed by atoms with Crippen LogP contribution in [0, 0.1) is 5.82 Å². The zero-order valence-electron chi connectivity index (χ0n) is 8.97. The lowest BCUT2D eigenvalue weighted by Crippen LogP contribution is -1.84. The van der Waals surface area contributed by atoms with Gasteiger partial charge in [0.1, 0.15) is 5.82 Å². The summed E-state index contributed by atoms with van der Waals surface area (Å²) in [5.41, 5.74) is 2.65. The molecule has 0 radical (unpaired) electrons. The van der Waals surface area contributed by atoms with Gasteiger partial charge in [-0.1, -0.05) is 6.07 Å². The third-order valence-electron chi connectivity index (χ3n) is 2.64. The van der Waals surface area contributed by atoms with Crippen molar-refractivity contribution < 1.29 is 4.39 Å². The molecule has 0 aliphatic rings. The first-order valence-corrected chi connectivity index (χ1v) is 5.29. The van der Waals surface area contributed by atoms with E-state index in [1.165, 1.54) is 12.1 Å². The van der Waals surface area contributed by atoms with E-state index in [0.717, 1.165) is 16.5 Å². The highest BCUT2D eigenvalue weighted by Crippen LogP contribution is 2.22. The average molecular weight is 224 g/mol. The van der Waals surface area contributed by atoms with Gasteiger partial charge in [-0.15, -0.1) is 0 Å². The molecular formula is C14H9FN2. The van der Waals surface area contributed by atoms with Crippen LogP contribution in [-0.2, 0) is 0 Å². The number of fused-ring (bicyclic) bond motifs is 1. The Morgan fingerprint density at radius 1 is 0.941 bits per heavy atom. The van der Waals surface area contributed by atoms with E-state index >= 15 is 0 Å². The summed E-state index contributed by atoms with van der Waals surface area (Å²) < 4.78 is 13.0. The Morgan fingerprint density at radius 2 is 1.88 bits per heavy atom. The Morgan fingerprint density at radius 3 is 2.71 bits per heavy atom. The van der Waals surface area contributed by atoms with Crippen LogP contribution in [-0.4, -0.2) is 9.97 Å². The standard InChI is InChI=1S/C14H9FN2/c15-13-4-3-10-6-12(9-17-14(10)7-13)11-2-1-5-16-8-11/h1-9H. The number of aromatic nitrogens is 2. The second kappa shape index (κ2) is 3.94. The monoisotopic (exact) mass is 224 g/mol. The lowest BCUT2D eigenvalue weighted by atomic mass is 10.1. The Labute approximate surface area is 97.8 Å². The van der Waals surface area contributed by atoms with Gasteiger partial charge in [0, 0.05) is 41.2 Å². The summed E-state index contributed by atoms with van der Waals surface area (Å²) in [6.07, 6.45) is 5.25. The van der Waals surface area contributed by atoms with E-state index in [4.69, 9.17) is 0 Å². The smallest absolute Gasteiger partial charge is 0.125 e. The number of hydrogen-bond donors (Lipinski definition) is 0. The second-order valence-corrected chi connectivity index (χ2v) is 3.80. The minimum Gasteiger partial charge on any atom is -0.264 e. The molecule has 0 atom stereocenters. The van der Waals surface area contributed by atoms with Gasteiger partial charge in [0.25, 0.3) is 0 Å². The van der Waals surface area contributed by atoms with Crippen LogP contribution in [0.5, 0.6) is 0 Å². The topological polar surface area (TPSA) is 25.8 Å². The molecule has 0 amide bonds. The summed E-state index contributed by atoms with van der Waals surface area (Å²) >= 11 is 0. The molecule has 0 aliphatic carbocycles. The molecule has 2 heterocycles. The maximum absolute atomic E-state index is 13.0. The average Bonchev–Trinajstić information content (AvgIpc) is 2.39. The molecule has 2 nitrogen and oxygen atoms in total. The van der Waals surface area contributed by atoms with E-state index in [2.05, 4.69) is 9.97 Å². The lowest BCUT2D eigenvalue weighted by molar-refractivity contribution is 0.629. The largest absolute Gasteiger partial charge is 0.264 e. The molecule has 17 heavy (non-hydrogen) atoms. The zero-order valence-corrected chi connectivity index (χ0v) is 8.97. The summed E-state index contributed by atoms with van der Waals surface area (Å²) in [6.45, 7) is 0. The molecule has 3 heteroatoms. The first-order valence-electron chi connectivity index (χ1n) is 5.29. The van der Waals surface area contributed by atoms with E-state index in [-0.39, 0.29) is 5.82 Å². The molecule has 0 fully saturated rings. The molecule has 0 bridgehead atoms. The Bertz CT molecular complexity index is 665. The maximum atomic E-state index is 13.0. The van der Waals surface area contributed by atoms with Crippen LogP contribution < -0.4 is 0 Å². The van der Waals surface area contributed by atoms with E-state index in [0.29, 0.717) is 5.52 Å². The normalized spacial score (nSPS) is 10.6. The fraction of sp³-hybridized carbons (Fsp3) is 0. The second-order valence-electron chi connectivity index (χ2n) is 3.80. The number of pyridine rings is 2. The summed E-state index contributed by atoms with van der Waals surface area (Å²) in [4.78, 5) is 8.32. The van der Waals surface area contributed by atoms with Crippen molar-refractivity contribution in [2.24, 2.45) is 0 Å². The highest BCUT2D eigenvalue weighted by Gasteiger charge is 2.01. The van der Waals surface area contributed by atoms with Crippen LogP contribution in [0.3, 0.4) is 0 Å². The highest BCUT2D eigenvalue weighted by molar-refractivity contribution is 5.83. The minimum atomic E-state index is -0.265. The number of rotatable bonds is 1. The van der Waals surface area contributed by atoms with Crippen LogP contribution in [0.2, 0.25) is 0 Å². The van der Waals surface area contributed by atoms with Crippen LogP contribution in [0.25, 0.3) is 22.0 Å². The molecule has 1 aromatic carbocycles. The number of benzene rings is 1. The maximum Gasteiger partial charge on any atom is 0.125 e. The molecule has 3 aromatic rings. The van der Waals surface area contributed by atoms with Crippen molar-refractivity contribution in [1.82, 2.24) is 9.97 Å². The van der Waals surface area contributed by atoms with Crippen molar-refractivity contribution in [1.29, 1.82) is 0 Å². The van der Waals surface area contributed by atoms with Crippen molar-refractivity contribution >= 4 is 10.9 Å². The molecule has 0 spiro atoms. The molecule has 0 unspecified atom stereocenters. The van der Waals surface area contributed by atoms with Gasteiger partial charge >= 0.3 is 0 Å². The van der Waals surface area contributed by atoms with Crippen molar-refractivity contribution in [3.8, 4) is 11.1 Å². The van der Waals surface area contributed by atoms with Gasteiger partial charge in [-0.2, -0.15) is 0 Å². The van der Waals surface area contributed by atoms with Crippen LogP contribution in [0.4, 0.5) is 4.39 Å². The van der Waals surface area contributed by atoms with Gasteiger partial charge in [-0.05, 0) is 24.3 Å². The molecule has 82 valence electrons. The lowest BCUT2D eigenvalue weighted by Gasteiger charge is -2.02. The fourth-order valence-electron chi connectivity index (χ4n) is 1.79. The van der Waals surface area contributed by atoms with E-state index in [1.807, 2.05) is 18.2 Å². The van der Waals surface area contributed by atoms with Crippen LogP contribution in [0.15, 0.2) is 55.0 Å². The van der Waals surface area contributed by atoms with Crippen LogP contribution in [0.1, 0.15) is 0 Å². The predicted molar refractivity (Wildman–Crippen MR) is 64.9 cm³/mol. The third kappa shape index (κ3) is 1.87. The molecule has 0 aliphatic heterocycles. The van der Waals surface area contributed by atoms with Gasteiger partial charge in [0.05, 0.1) is 5.52 Å². The van der Waals surface area contributed by atoms with Gasteiger partial charge in [-0.25, -0.2) is 4.39 Å². The van der Waals surface area contributed by atoms with Crippen LogP contribution >= 0.6 is 0 Å². The summed E-state index contributed by atoms with van der Waals surface area (Å²) in [5.74, 6) is -0.265. The Balaban J connectivity index is 2.17. The number of hydrogen-bond acceptors (Lipinski definition) is 2. The van der Waals surface area contributed by atoms with Gasteiger partial charge < -0.3 is 0 Å². The molecule has 2 aromatic heterocycles.